The fourth-order valence-electron chi connectivity index (χ4n) is 3.03. The second-order valence-corrected chi connectivity index (χ2v) is 6.73. The largest absolute Gasteiger partial charge is 0.492 e. The van der Waals surface area contributed by atoms with E-state index in [1.807, 2.05) is 0 Å². The molecule has 1 aliphatic heterocycles. The molecule has 1 atom stereocenters. The van der Waals surface area contributed by atoms with E-state index in [4.69, 9.17) is 9.47 Å². The average Bonchev–Trinajstić information content (AvgIpc) is 3.12. The zero-order chi connectivity index (χ0) is 16.1. The van der Waals surface area contributed by atoms with Gasteiger partial charge in [-0.25, -0.2) is 0 Å². The summed E-state index contributed by atoms with van der Waals surface area (Å²) in [5, 5.41) is 2.11. The summed E-state index contributed by atoms with van der Waals surface area (Å²) in [6, 6.07) is 10.7. The molecule has 124 valence electrons. The van der Waals surface area contributed by atoms with Crippen molar-refractivity contribution in [1.82, 2.24) is 4.90 Å². The molecule has 3 nitrogen and oxygen atoms in total. The molecule has 1 aromatic heterocycles. The van der Waals surface area contributed by atoms with Gasteiger partial charge in [-0.1, -0.05) is 26.0 Å². The predicted molar refractivity (Wildman–Crippen MR) is 95.5 cm³/mol. The molecule has 1 aliphatic rings. The lowest BCUT2D eigenvalue weighted by Gasteiger charge is -2.26. The van der Waals surface area contributed by atoms with E-state index < -0.39 is 0 Å². The van der Waals surface area contributed by atoms with Crippen LogP contribution in [0.4, 0.5) is 0 Å². The van der Waals surface area contributed by atoms with Crippen molar-refractivity contribution in [3.8, 4) is 5.75 Å². The van der Waals surface area contributed by atoms with Crippen molar-refractivity contribution in [2.24, 2.45) is 0 Å². The minimum Gasteiger partial charge on any atom is -0.492 e. The summed E-state index contributed by atoms with van der Waals surface area (Å²) >= 11 is 1.76. The van der Waals surface area contributed by atoms with Crippen LogP contribution in [0.15, 0.2) is 35.7 Å². The normalized spacial score (nSPS) is 17.3. The zero-order valence-corrected chi connectivity index (χ0v) is 14.8. The molecule has 0 aliphatic carbocycles. The van der Waals surface area contributed by atoms with Crippen LogP contribution >= 0.6 is 11.3 Å². The van der Waals surface area contributed by atoms with Crippen LogP contribution < -0.4 is 4.74 Å². The van der Waals surface area contributed by atoms with E-state index in [2.05, 4.69) is 54.5 Å². The van der Waals surface area contributed by atoms with Gasteiger partial charge in [-0.15, -0.1) is 11.3 Å². The van der Waals surface area contributed by atoms with Crippen molar-refractivity contribution < 1.29 is 9.47 Å². The molecule has 2 heterocycles. The van der Waals surface area contributed by atoms with E-state index >= 15 is 0 Å². The van der Waals surface area contributed by atoms with Crippen LogP contribution in [-0.4, -0.2) is 37.7 Å². The second-order valence-electron chi connectivity index (χ2n) is 5.75. The third-order valence-electron chi connectivity index (χ3n) is 4.43. The summed E-state index contributed by atoms with van der Waals surface area (Å²) in [6.45, 7) is 9.02. The van der Waals surface area contributed by atoms with Gasteiger partial charge in [0.2, 0.25) is 0 Å². The lowest BCUT2D eigenvalue weighted by Crippen LogP contribution is -2.28. The van der Waals surface area contributed by atoms with Crippen molar-refractivity contribution in [3.05, 3.63) is 51.7 Å². The van der Waals surface area contributed by atoms with E-state index in [0.717, 1.165) is 45.0 Å². The van der Waals surface area contributed by atoms with Crippen LogP contribution in [0.2, 0.25) is 0 Å². The van der Waals surface area contributed by atoms with Crippen molar-refractivity contribution in [2.75, 3.05) is 32.8 Å². The van der Waals surface area contributed by atoms with Gasteiger partial charge in [0.25, 0.3) is 0 Å². The molecular formula is C19H25NO2S. The maximum atomic E-state index is 5.99. The topological polar surface area (TPSA) is 21.7 Å². The van der Waals surface area contributed by atoms with E-state index in [0.29, 0.717) is 0 Å². The Labute approximate surface area is 142 Å². The number of hydrogen-bond donors (Lipinski definition) is 0. The SMILES string of the molecule is CCN(CC)CCOc1ccc2c(c1)CCOC2c1cccs1. The van der Waals surface area contributed by atoms with E-state index in [9.17, 15) is 0 Å². The molecule has 0 bridgehead atoms. The molecule has 0 amide bonds. The first-order valence-electron chi connectivity index (χ1n) is 8.44. The summed E-state index contributed by atoms with van der Waals surface area (Å²) in [6.07, 6.45) is 1.05. The van der Waals surface area contributed by atoms with Crippen LogP contribution in [0, 0.1) is 0 Å². The number of likely N-dealkylation sites (N-methyl/N-ethyl adjacent to an activating group) is 1. The fraction of sp³-hybridized carbons (Fsp3) is 0.474. The molecule has 0 radical (unpaired) electrons. The van der Waals surface area contributed by atoms with Crippen molar-refractivity contribution in [1.29, 1.82) is 0 Å². The highest BCUT2D eigenvalue weighted by atomic mass is 32.1. The van der Waals surface area contributed by atoms with E-state index in [1.165, 1.54) is 16.0 Å². The third-order valence-corrected chi connectivity index (χ3v) is 5.34. The first kappa shape index (κ1) is 16.5. The number of fused-ring (bicyclic) bond motifs is 1. The first-order valence-corrected chi connectivity index (χ1v) is 9.32. The zero-order valence-electron chi connectivity index (χ0n) is 14.0. The summed E-state index contributed by atoms with van der Waals surface area (Å²) in [5.41, 5.74) is 2.64. The number of ether oxygens (including phenoxy) is 2. The molecule has 0 N–H and O–H groups in total. The molecule has 0 saturated carbocycles. The number of rotatable bonds is 7. The minimum absolute atomic E-state index is 0.0866. The van der Waals surface area contributed by atoms with Gasteiger partial charge in [-0.05, 0) is 54.2 Å². The minimum atomic E-state index is 0.0866. The third kappa shape index (κ3) is 3.94. The van der Waals surface area contributed by atoms with Gasteiger partial charge in [-0.2, -0.15) is 0 Å². The Kier molecular flexibility index (Phi) is 5.70. The molecule has 0 fully saturated rings. The standard InChI is InChI=1S/C19H25NO2S/c1-3-20(4-2)10-12-21-16-7-8-17-15(14-16)9-11-22-19(17)18-6-5-13-23-18/h5-8,13-14,19H,3-4,9-12H2,1-2H3. The maximum absolute atomic E-state index is 5.99. The molecule has 4 heteroatoms. The smallest absolute Gasteiger partial charge is 0.119 e. The summed E-state index contributed by atoms with van der Waals surface area (Å²) < 4.78 is 11.9. The molecule has 0 saturated heterocycles. The Hall–Kier alpha value is -1.36. The highest BCUT2D eigenvalue weighted by Crippen LogP contribution is 2.36. The molecule has 0 spiro atoms. The number of hydrogen-bond acceptors (Lipinski definition) is 4. The Morgan fingerprint density at radius 1 is 1.26 bits per heavy atom. The average molecular weight is 331 g/mol. The Bertz CT molecular complexity index is 608. The lowest BCUT2D eigenvalue weighted by atomic mass is 9.96. The van der Waals surface area contributed by atoms with Gasteiger partial charge in [-0.3, -0.25) is 0 Å². The van der Waals surface area contributed by atoms with Crippen molar-refractivity contribution in [2.45, 2.75) is 26.4 Å². The molecule has 23 heavy (non-hydrogen) atoms. The summed E-state index contributed by atoms with van der Waals surface area (Å²) in [5.74, 6) is 0.975. The van der Waals surface area contributed by atoms with Gasteiger partial charge in [0.15, 0.2) is 0 Å². The molecule has 3 rings (SSSR count). The quantitative estimate of drug-likeness (QED) is 0.761. The highest BCUT2D eigenvalue weighted by molar-refractivity contribution is 7.10. The molecule has 1 aromatic carbocycles. The van der Waals surface area contributed by atoms with Gasteiger partial charge in [0, 0.05) is 11.4 Å². The van der Waals surface area contributed by atoms with Crippen LogP contribution in [0.5, 0.6) is 5.75 Å². The van der Waals surface area contributed by atoms with Gasteiger partial charge < -0.3 is 14.4 Å². The van der Waals surface area contributed by atoms with E-state index in [1.54, 1.807) is 11.3 Å². The van der Waals surface area contributed by atoms with Gasteiger partial charge in [0.1, 0.15) is 18.5 Å². The van der Waals surface area contributed by atoms with Crippen molar-refractivity contribution in [3.63, 3.8) is 0 Å². The molecular weight excluding hydrogens is 306 g/mol. The van der Waals surface area contributed by atoms with Crippen LogP contribution in [0.3, 0.4) is 0 Å². The second kappa shape index (κ2) is 7.95. The lowest BCUT2D eigenvalue weighted by molar-refractivity contribution is 0.0720. The van der Waals surface area contributed by atoms with Crippen molar-refractivity contribution >= 4 is 11.3 Å². The van der Waals surface area contributed by atoms with Crippen LogP contribution in [0.25, 0.3) is 0 Å². The monoisotopic (exact) mass is 331 g/mol. The van der Waals surface area contributed by atoms with Crippen LogP contribution in [0.1, 0.15) is 36.0 Å². The molecule has 1 unspecified atom stereocenters. The number of nitrogens with zero attached hydrogens (tertiary/aromatic N) is 1. The number of benzene rings is 1. The Morgan fingerprint density at radius 2 is 2.13 bits per heavy atom. The van der Waals surface area contributed by atoms with E-state index in [-0.39, 0.29) is 6.10 Å². The van der Waals surface area contributed by atoms with Crippen LogP contribution in [-0.2, 0) is 11.2 Å². The summed E-state index contributed by atoms with van der Waals surface area (Å²) in [4.78, 5) is 3.65. The first-order chi connectivity index (χ1) is 11.3. The van der Waals surface area contributed by atoms with Gasteiger partial charge in [0.05, 0.1) is 6.61 Å². The maximum Gasteiger partial charge on any atom is 0.119 e. The van der Waals surface area contributed by atoms with Gasteiger partial charge >= 0.3 is 0 Å². The number of thiophene rings is 1. The highest BCUT2D eigenvalue weighted by Gasteiger charge is 2.23. The molecule has 2 aromatic rings. The Balaban J connectivity index is 1.67. The predicted octanol–water partition coefficient (Wildman–Crippen LogP) is 4.13. The Morgan fingerprint density at radius 3 is 2.87 bits per heavy atom. The fourth-order valence-corrected chi connectivity index (χ4v) is 3.82. The summed E-state index contributed by atoms with van der Waals surface area (Å²) in [7, 11) is 0.